The van der Waals surface area contributed by atoms with E-state index in [9.17, 15) is 10.1 Å². The van der Waals surface area contributed by atoms with Crippen LogP contribution in [-0.4, -0.2) is 18.0 Å². The molecule has 1 amide bonds. The van der Waals surface area contributed by atoms with Gasteiger partial charge in [-0.2, -0.15) is 5.26 Å². The predicted octanol–water partition coefficient (Wildman–Crippen LogP) is 5.23. The Hall–Kier alpha value is -3.43. The molecular formula is C22H19N3O2S. The van der Waals surface area contributed by atoms with Gasteiger partial charge in [-0.05, 0) is 23.8 Å². The summed E-state index contributed by atoms with van der Waals surface area (Å²) in [5.41, 5.74) is 2.86. The van der Waals surface area contributed by atoms with E-state index in [-0.39, 0.29) is 5.91 Å². The van der Waals surface area contributed by atoms with Crippen LogP contribution in [0, 0.1) is 11.3 Å². The molecule has 0 spiro atoms. The molecule has 0 atom stereocenters. The number of nitrogens with zero attached hydrogens (tertiary/aromatic N) is 2. The summed E-state index contributed by atoms with van der Waals surface area (Å²) in [5, 5.41) is 13.8. The summed E-state index contributed by atoms with van der Waals surface area (Å²) in [5.74, 6) is 0.658. The molecule has 0 fully saturated rings. The van der Waals surface area contributed by atoms with Gasteiger partial charge in [0.05, 0.1) is 12.7 Å². The van der Waals surface area contributed by atoms with Crippen molar-refractivity contribution < 1.29 is 9.53 Å². The molecule has 0 radical (unpaired) electrons. The van der Waals surface area contributed by atoms with Crippen molar-refractivity contribution in [3.05, 3.63) is 65.2 Å². The van der Waals surface area contributed by atoms with Gasteiger partial charge in [-0.1, -0.05) is 60.7 Å². The Morgan fingerprint density at radius 3 is 2.54 bits per heavy atom. The number of carbonyl (C=O) groups is 1. The number of carbonyl (C=O) groups excluding carboxylic acids is 1. The van der Waals surface area contributed by atoms with Crippen molar-refractivity contribution in [2.75, 3.05) is 12.4 Å². The second-order valence-electron chi connectivity index (χ2n) is 5.91. The number of nitriles is 1. The van der Waals surface area contributed by atoms with E-state index in [1.165, 1.54) is 11.3 Å². The van der Waals surface area contributed by atoms with Crippen LogP contribution in [0.1, 0.15) is 23.9 Å². The van der Waals surface area contributed by atoms with Gasteiger partial charge in [0.25, 0.3) is 0 Å². The first kappa shape index (κ1) is 19.3. The number of ether oxygens (including phenoxy) is 1. The molecule has 2 aromatic carbocycles. The molecule has 0 bridgehead atoms. The van der Waals surface area contributed by atoms with E-state index in [1.807, 2.05) is 54.6 Å². The lowest BCUT2D eigenvalue weighted by atomic mass is 10.1. The molecule has 28 heavy (non-hydrogen) atoms. The normalized spacial score (nSPS) is 11.0. The zero-order chi connectivity index (χ0) is 19.9. The number of aromatic nitrogens is 1. The maximum Gasteiger partial charge on any atom is 0.224 e. The molecule has 0 saturated carbocycles. The van der Waals surface area contributed by atoms with Crippen LogP contribution in [0.4, 0.5) is 5.00 Å². The number of hydrogen-bond donors (Lipinski definition) is 1. The molecule has 1 N–H and O–H groups in total. The summed E-state index contributed by atoms with van der Waals surface area (Å²) in [6, 6.07) is 19.3. The number of nitrogens with one attached hydrogen (secondary N) is 1. The zero-order valence-electron chi connectivity index (χ0n) is 15.6. The molecule has 0 unspecified atom stereocenters. The molecule has 0 aliphatic heterocycles. The van der Waals surface area contributed by atoms with Crippen molar-refractivity contribution in [1.29, 1.82) is 5.26 Å². The van der Waals surface area contributed by atoms with Gasteiger partial charge in [0, 0.05) is 12.0 Å². The van der Waals surface area contributed by atoms with Gasteiger partial charge >= 0.3 is 0 Å². The summed E-state index contributed by atoms with van der Waals surface area (Å²) in [6.45, 7) is 1.80. The molecule has 0 saturated heterocycles. The minimum Gasteiger partial charge on any atom is -0.497 e. The highest BCUT2D eigenvalue weighted by atomic mass is 32.1. The number of benzene rings is 2. The summed E-state index contributed by atoms with van der Waals surface area (Å²) in [6.07, 6.45) is 2.15. The van der Waals surface area contributed by atoms with Crippen molar-refractivity contribution in [2.24, 2.45) is 0 Å². The van der Waals surface area contributed by atoms with Gasteiger partial charge < -0.3 is 10.1 Å². The second kappa shape index (κ2) is 8.98. The van der Waals surface area contributed by atoms with E-state index in [1.54, 1.807) is 20.1 Å². The van der Waals surface area contributed by atoms with E-state index < -0.39 is 0 Å². The first-order valence-corrected chi connectivity index (χ1v) is 9.58. The maximum atomic E-state index is 11.9. The van der Waals surface area contributed by atoms with Gasteiger partial charge in [0.15, 0.2) is 0 Å². The third-order valence-corrected chi connectivity index (χ3v) is 5.03. The predicted molar refractivity (Wildman–Crippen MR) is 113 cm³/mol. The highest BCUT2D eigenvalue weighted by molar-refractivity contribution is 7.17. The number of anilines is 1. The van der Waals surface area contributed by atoms with Gasteiger partial charge in [0.2, 0.25) is 5.91 Å². The molecule has 0 aliphatic carbocycles. The largest absolute Gasteiger partial charge is 0.497 e. The fourth-order valence-electron chi connectivity index (χ4n) is 2.54. The maximum absolute atomic E-state index is 11.9. The van der Waals surface area contributed by atoms with Crippen LogP contribution in [0.2, 0.25) is 0 Å². The Morgan fingerprint density at radius 2 is 1.93 bits per heavy atom. The Balaban J connectivity index is 2.03. The van der Waals surface area contributed by atoms with Crippen molar-refractivity contribution in [2.45, 2.75) is 13.3 Å². The number of hydrogen-bond acceptors (Lipinski definition) is 5. The molecule has 1 heterocycles. The third kappa shape index (κ3) is 4.45. The van der Waals surface area contributed by atoms with Gasteiger partial charge in [-0.3, -0.25) is 4.79 Å². The minimum atomic E-state index is -0.0926. The summed E-state index contributed by atoms with van der Waals surface area (Å²) >= 11 is 1.30. The van der Waals surface area contributed by atoms with Crippen molar-refractivity contribution in [1.82, 2.24) is 4.98 Å². The average Bonchev–Trinajstić information content (AvgIpc) is 3.16. The molecule has 3 rings (SSSR count). The lowest BCUT2D eigenvalue weighted by molar-refractivity contribution is -0.115. The third-order valence-electron chi connectivity index (χ3n) is 4.03. The Kier molecular flexibility index (Phi) is 6.20. The van der Waals surface area contributed by atoms with E-state index in [4.69, 9.17) is 4.74 Å². The van der Waals surface area contributed by atoms with E-state index >= 15 is 0 Å². The van der Waals surface area contributed by atoms with E-state index in [2.05, 4.69) is 16.4 Å². The zero-order valence-corrected chi connectivity index (χ0v) is 16.4. The molecule has 1 aromatic heterocycles. The topological polar surface area (TPSA) is 75.0 Å². The molecule has 6 heteroatoms. The monoisotopic (exact) mass is 389 g/mol. The van der Waals surface area contributed by atoms with Gasteiger partial charge in [-0.15, -0.1) is 0 Å². The standard InChI is InChI=1S/C22H19N3O2S/c1-3-19(26)24-22-20(16-7-5-4-6-8-16)25-21(28-22)17(14-23)13-15-9-11-18(27-2)12-10-15/h4-13H,3H2,1-2H3,(H,24,26)/b17-13+. The molecule has 0 aliphatic rings. The van der Waals surface area contributed by atoms with E-state index in [0.29, 0.717) is 27.7 Å². The number of rotatable bonds is 6. The molecular weight excluding hydrogens is 370 g/mol. The van der Waals surface area contributed by atoms with Crippen molar-refractivity contribution >= 4 is 33.9 Å². The highest BCUT2D eigenvalue weighted by Gasteiger charge is 2.17. The van der Waals surface area contributed by atoms with Crippen LogP contribution >= 0.6 is 11.3 Å². The lowest BCUT2D eigenvalue weighted by Crippen LogP contribution is -2.08. The smallest absolute Gasteiger partial charge is 0.224 e. The Bertz CT molecular complexity index is 1030. The number of amides is 1. The van der Waals surface area contributed by atoms with Crippen LogP contribution in [0.15, 0.2) is 54.6 Å². The van der Waals surface area contributed by atoms with Crippen LogP contribution in [0.3, 0.4) is 0 Å². The first-order chi connectivity index (χ1) is 13.6. The Morgan fingerprint density at radius 1 is 1.21 bits per heavy atom. The summed E-state index contributed by atoms with van der Waals surface area (Å²) in [7, 11) is 1.61. The fraction of sp³-hybridized carbons (Fsp3) is 0.136. The average molecular weight is 389 g/mol. The van der Waals surface area contributed by atoms with Crippen molar-refractivity contribution in [3.8, 4) is 23.1 Å². The summed E-state index contributed by atoms with van der Waals surface area (Å²) < 4.78 is 5.16. The number of methoxy groups -OCH3 is 1. The van der Waals surface area contributed by atoms with Crippen LogP contribution in [0.25, 0.3) is 22.9 Å². The molecule has 3 aromatic rings. The minimum absolute atomic E-state index is 0.0926. The molecule has 140 valence electrons. The van der Waals surface area contributed by atoms with Crippen LogP contribution in [0.5, 0.6) is 5.75 Å². The summed E-state index contributed by atoms with van der Waals surface area (Å²) in [4.78, 5) is 16.6. The number of allylic oxidation sites excluding steroid dienone is 1. The van der Waals surface area contributed by atoms with Crippen LogP contribution in [-0.2, 0) is 4.79 Å². The second-order valence-corrected chi connectivity index (χ2v) is 6.91. The van der Waals surface area contributed by atoms with Crippen molar-refractivity contribution in [3.63, 3.8) is 0 Å². The fourth-order valence-corrected chi connectivity index (χ4v) is 3.51. The Labute approximate surface area is 167 Å². The highest BCUT2D eigenvalue weighted by Crippen LogP contribution is 2.36. The SMILES string of the molecule is CCC(=O)Nc1sc(/C(C#N)=C/c2ccc(OC)cc2)nc1-c1ccccc1. The number of thiazole rings is 1. The lowest BCUT2D eigenvalue weighted by Gasteiger charge is -2.03. The molecule has 5 nitrogen and oxygen atoms in total. The quantitative estimate of drug-likeness (QED) is 0.586. The van der Waals surface area contributed by atoms with Gasteiger partial charge in [0.1, 0.15) is 27.5 Å². The van der Waals surface area contributed by atoms with E-state index in [0.717, 1.165) is 16.9 Å². The first-order valence-electron chi connectivity index (χ1n) is 8.77. The van der Waals surface area contributed by atoms with Crippen LogP contribution < -0.4 is 10.1 Å². The van der Waals surface area contributed by atoms with Gasteiger partial charge in [-0.25, -0.2) is 4.98 Å².